The highest BCUT2D eigenvalue weighted by molar-refractivity contribution is 5.11. The molecular formula is C14H22FN3O. The van der Waals surface area contributed by atoms with E-state index >= 15 is 0 Å². The van der Waals surface area contributed by atoms with Gasteiger partial charge in [-0.25, -0.2) is 4.39 Å². The van der Waals surface area contributed by atoms with Gasteiger partial charge in [0.1, 0.15) is 5.69 Å². The first kappa shape index (κ1) is 13.1. The van der Waals surface area contributed by atoms with Gasteiger partial charge in [-0.15, -0.1) is 0 Å². The third-order valence-electron chi connectivity index (χ3n) is 4.35. The van der Waals surface area contributed by atoms with Crippen LogP contribution in [0.1, 0.15) is 44.3 Å². The average molecular weight is 267 g/mol. The van der Waals surface area contributed by atoms with Gasteiger partial charge in [0.05, 0.1) is 25.5 Å². The summed E-state index contributed by atoms with van der Waals surface area (Å²) in [6.45, 7) is 7.83. The molecule has 0 atom stereocenters. The summed E-state index contributed by atoms with van der Waals surface area (Å²) in [7, 11) is 0. The van der Waals surface area contributed by atoms with Crippen molar-refractivity contribution in [2.24, 2.45) is 0 Å². The zero-order chi connectivity index (χ0) is 13.4. The van der Waals surface area contributed by atoms with Crippen molar-refractivity contribution in [2.45, 2.75) is 44.7 Å². The minimum atomic E-state index is -0.144. The number of ether oxygens (including phenoxy) is 1. The molecule has 0 spiro atoms. The van der Waals surface area contributed by atoms with Crippen LogP contribution in [-0.4, -0.2) is 47.0 Å². The summed E-state index contributed by atoms with van der Waals surface area (Å²) >= 11 is 0. The van der Waals surface area contributed by atoms with E-state index in [2.05, 4.69) is 23.8 Å². The van der Waals surface area contributed by atoms with Crippen molar-refractivity contribution in [3.05, 3.63) is 17.7 Å². The van der Waals surface area contributed by atoms with E-state index in [0.29, 0.717) is 24.9 Å². The van der Waals surface area contributed by atoms with Crippen LogP contribution in [0.25, 0.3) is 0 Å². The largest absolute Gasteiger partial charge is 0.377 e. The summed E-state index contributed by atoms with van der Waals surface area (Å²) in [5.74, 6) is 0.132. The second-order valence-electron chi connectivity index (χ2n) is 5.94. The van der Waals surface area contributed by atoms with E-state index in [1.54, 1.807) is 4.68 Å². The number of piperidine rings is 1. The Morgan fingerprint density at radius 3 is 2.53 bits per heavy atom. The first-order valence-electron chi connectivity index (χ1n) is 7.21. The first-order valence-corrected chi connectivity index (χ1v) is 7.21. The summed E-state index contributed by atoms with van der Waals surface area (Å²) < 4.78 is 20.9. The molecule has 0 radical (unpaired) electrons. The average Bonchev–Trinajstić information content (AvgIpc) is 2.69. The van der Waals surface area contributed by atoms with Gasteiger partial charge in [0.15, 0.2) is 5.82 Å². The lowest BCUT2D eigenvalue weighted by atomic mass is 9.93. The molecule has 3 heterocycles. The van der Waals surface area contributed by atoms with Crippen LogP contribution in [0.5, 0.6) is 0 Å². The van der Waals surface area contributed by atoms with Crippen LogP contribution in [0.2, 0.25) is 0 Å². The maximum absolute atomic E-state index is 14.0. The molecule has 19 heavy (non-hydrogen) atoms. The molecule has 1 aromatic heterocycles. The van der Waals surface area contributed by atoms with E-state index in [4.69, 9.17) is 4.74 Å². The Kier molecular flexibility index (Phi) is 3.58. The number of likely N-dealkylation sites (tertiary alicyclic amines) is 1. The predicted molar refractivity (Wildman–Crippen MR) is 70.7 cm³/mol. The molecule has 0 bridgehead atoms. The SMILES string of the molecule is CC(C)N1CCC(c2nn(C3COC3)cc2F)CC1. The lowest BCUT2D eigenvalue weighted by Crippen LogP contribution is -2.38. The van der Waals surface area contributed by atoms with Crippen molar-refractivity contribution in [3.8, 4) is 0 Å². The van der Waals surface area contributed by atoms with E-state index in [9.17, 15) is 4.39 Å². The molecular weight excluding hydrogens is 245 g/mol. The van der Waals surface area contributed by atoms with Gasteiger partial charge in [0, 0.05) is 12.0 Å². The van der Waals surface area contributed by atoms with E-state index in [0.717, 1.165) is 25.9 Å². The van der Waals surface area contributed by atoms with Crippen molar-refractivity contribution < 1.29 is 9.13 Å². The van der Waals surface area contributed by atoms with Crippen molar-refractivity contribution >= 4 is 0 Å². The number of aromatic nitrogens is 2. The Labute approximate surface area is 113 Å². The molecule has 5 heteroatoms. The van der Waals surface area contributed by atoms with E-state index in [-0.39, 0.29) is 17.8 Å². The zero-order valence-corrected chi connectivity index (χ0v) is 11.7. The van der Waals surface area contributed by atoms with Gasteiger partial charge >= 0.3 is 0 Å². The van der Waals surface area contributed by atoms with Crippen LogP contribution in [0.15, 0.2) is 6.20 Å². The van der Waals surface area contributed by atoms with E-state index in [1.165, 1.54) is 6.20 Å². The Bertz CT molecular complexity index is 434. The fourth-order valence-electron chi connectivity index (χ4n) is 2.91. The van der Waals surface area contributed by atoms with Crippen molar-refractivity contribution in [1.29, 1.82) is 0 Å². The molecule has 0 N–H and O–H groups in total. The molecule has 2 aliphatic rings. The Morgan fingerprint density at radius 2 is 2.00 bits per heavy atom. The highest BCUT2D eigenvalue weighted by Crippen LogP contribution is 2.30. The fraction of sp³-hybridized carbons (Fsp3) is 0.786. The van der Waals surface area contributed by atoms with Crippen molar-refractivity contribution in [2.75, 3.05) is 26.3 Å². The molecule has 2 aliphatic heterocycles. The number of halogens is 1. The van der Waals surface area contributed by atoms with Gasteiger partial charge in [0.2, 0.25) is 0 Å². The van der Waals surface area contributed by atoms with Crippen LogP contribution in [0, 0.1) is 5.82 Å². The van der Waals surface area contributed by atoms with Crippen LogP contribution in [-0.2, 0) is 4.74 Å². The second-order valence-corrected chi connectivity index (χ2v) is 5.94. The summed E-state index contributed by atoms with van der Waals surface area (Å²) in [6.07, 6.45) is 3.55. The van der Waals surface area contributed by atoms with E-state index in [1.807, 2.05) is 0 Å². The quantitative estimate of drug-likeness (QED) is 0.841. The molecule has 106 valence electrons. The molecule has 0 amide bonds. The van der Waals surface area contributed by atoms with Crippen LogP contribution < -0.4 is 0 Å². The van der Waals surface area contributed by atoms with Gasteiger partial charge < -0.3 is 9.64 Å². The third-order valence-corrected chi connectivity index (χ3v) is 4.35. The lowest BCUT2D eigenvalue weighted by molar-refractivity contribution is -0.0289. The van der Waals surface area contributed by atoms with Crippen molar-refractivity contribution in [1.82, 2.24) is 14.7 Å². The first-order chi connectivity index (χ1) is 9.15. The van der Waals surface area contributed by atoms with Crippen LogP contribution in [0.3, 0.4) is 0 Å². The smallest absolute Gasteiger partial charge is 0.164 e. The fourth-order valence-corrected chi connectivity index (χ4v) is 2.91. The van der Waals surface area contributed by atoms with Crippen LogP contribution >= 0.6 is 0 Å². The number of hydrogen-bond donors (Lipinski definition) is 0. The minimum Gasteiger partial charge on any atom is -0.377 e. The standard InChI is InChI=1S/C14H22FN3O/c1-10(2)17-5-3-11(4-6-17)14-13(15)7-18(16-14)12-8-19-9-12/h7,10-12H,3-6,8-9H2,1-2H3. The maximum atomic E-state index is 14.0. The Morgan fingerprint density at radius 1 is 1.32 bits per heavy atom. The third kappa shape index (κ3) is 2.54. The molecule has 4 nitrogen and oxygen atoms in total. The topological polar surface area (TPSA) is 30.3 Å². The van der Waals surface area contributed by atoms with Gasteiger partial charge in [-0.1, -0.05) is 0 Å². The number of nitrogens with zero attached hydrogens (tertiary/aromatic N) is 3. The molecule has 0 aliphatic carbocycles. The summed E-state index contributed by atoms with van der Waals surface area (Å²) in [6, 6.07) is 0.814. The van der Waals surface area contributed by atoms with Crippen molar-refractivity contribution in [3.63, 3.8) is 0 Å². The predicted octanol–water partition coefficient (Wildman–Crippen LogP) is 2.18. The Balaban J connectivity index is 1.67. The molecule has 2 fully saturated rings. The monoisotopic (exact) mass is 267 g/mol. The molecule has 0 aromatic carbocycles. The Hall–Kier alpha value is -0.940. The number of hydrogen-bond acceptors (Lipinski definition) is 3. The van der Waals surface area contributed by atoms with Crippen LogP contribution in [0.4, 0.5) is 4.39 Å². The van der Waals surface area contributed by atoms with Gasteiger partial charge in [-0.3, -0.25) is 4.68 Å². The molecule has 0 saturated carbocycles. The van der Waals surface area contributed by atoms with Gasteiger partial charge in [-0.05, 0) is 39.8 Å². The highest BCUT2D eigenvalue weighted by atomic mass is 19.1. The van der Waals surface area contributed by atoms with Gasteiger partial charge in [0.25, 0.3) is 0 Å². The molecule has 3 rings (SSSR count). The maximum Gasteiger partial charge on any atom is 0.164 e. The highest BCUT2D eigenvalue weighted by Gasteiger charge is 2.29. The molecule has 2 saturated heterocycles. The molecule has 0 unspecified atom stereocenters. The van der Waals surface area contributed by atoms with Gasteiger partial charge in [-0.2, -0.15) is 5.10 Å². The molecule has 1 aromatic rings. The summed E-state index contributed by atoms with van der Waals surface area (Å²) in [5, 5.41) is 4.47. The summed E-state index contributed by atoms with van der Waals surface area (Å²) in [5.41, 5.74) is 0.662. The van der Waals surface area contributed by atoms with E-state index < -0.39 is 0 Å². The zero-order valence-electron chi connectivity index (χ0n) is 11.7. The second kappa shape index (κ2) is 5.21. The lowest BCUT2D eigenvalue weighted by Gasteiger charge is -2.34. The normalized spacial score (nSPS) is 22.9. The number of rotatable bonds is 3. The summed E-state index contributed by atoms with van der Waals surface area (Å²) in [4.78, 5) is 2.45. The minimum absolute atomic E-state index is 0.144.